The first-order valence-electron chi connectivity index (χ1n) is 6.10. The Hall–Kier alpha value is -1.03. The molecule has 1 fully saturated rings. The summed E-state index contributed by atoms with van der Waals surface area (Å²) in [5.74, 6) is 0.422. The maximum Gasteiger partial charge on any atom is 0.407 e. The average molecular weight is 312 g/mol. The maximum atomic E-state index is 11.6. The minimum Gasteiger partial charge on any atom is -0.444 e. The van der Waals surface area contributed by atoms with Gasteiger partial charge in [0.2, 0.25) is 0 Å². The van der Waals surface area contributed by atoms with E-state index in [9.17, 15) is 4.79 Å². The van der Waals surface area contributed by atoms with Crippen LogP contribution in [-0.2, 0) is 4.74 Å². The molecule has 0 bridgehead atoms. The standard InChI is InChI=1S/C14H18BrNO2/c1-14(2,3)18-13(17)16-12-8-11(12)9-4-6-10(15)7-5-9/h4-7,11-12H,8H2,1-3H3,(H,16,17). The van der Waals surface area contributed by atoms with Crippen LogP contribution in [0.3, 0.4) is 0 Å². The molecule has 1 saturated carbocycles. The molecule has 1 aromatic rings. The lowest BCUT2D eigenvalue weighted by Crippen LogP contribution is -2.34. The van der Waals surface area contributed by atoms with E-state index in [-0.39, 0.29) is 12.1 Å². The Morgan fingerprint density at radius 1 is 1.33 bits per heavy atom. The van der Waals surface area contributed by atoms with E-state index < -0.39 is 5.60 Å². The smallest absolute Gasteiger partial charge is 0.407 e. The molecule has 3 nitrogen and oxygen atoms in total. The summed E-state index contributed by atoms with van der Waals surface area (Å²) in [5, 5.41) is 2.90. The fourth-order valence-corrected chi connectivity index (χ4v) is 2.16. The number of rotatable bonds is 2. The van der Waals surface area contributed by atoms with Crippen LogP contribution < -0.4 is 5.32 Å². The zero-order valence-electron chi connectivity index (χ0n) is 10.9. The Kier molecular flexibility index (Phi) is 3.66. The van der Waals surface area contributed by atoms with Gasteiger partial charge in [0.25, 0.3) is 0 Å². The summed E-state index contributed by atoms with van der Waals surface area (Å²) in [6.07, 6.45) is 0.660. The number of amides is 1. The number of alkyl carbamates (subject to hydrolysis) is 1. The zero-order chi connectivity index (χ0) is 13.3. The first-order chi connectivity index (χ1) is 8.35. The zero-order valence-corrected chi connectivity index (χ0v) is 12.5. The Bertz CT molecular complexity index is 436. The second-order valence-corrected chi connectivity index (χ2v) is 6.56. The Labute approximate surface area is 116 Å². The van der Waals surface area contributed by atoms with Crippen molar-refractivity contribution < 1.29 is 9.53 Å². The molecule has 4 heteroatoms. The van der Waals surface area contributed by atoms with Gasteiger partial charge in [-0.3, -0.25) is 0 Å². The maximum absolute atomic E-state index is 11.6. The minimum absolute atomic E-state index is 0.209. The molecule has 98 valence electrons. The number of hydrogen-bond acceptors (Lipinski definition) is 2. The molecule has 0 heterocycles. The monoisotopic (exact) mass is 311 g/mol. The summed E-state index contributed by atoms with van der Waals surface area (Å²) in [5.41, 5.74) is 0.825. The predicted molar refractivity (Wildman–Crippen MR) is 74.7 cm³/mol. The third-order valence-electron chi connectivity index (χ3n) is 2.79. The molecule has 18 heavy (non-hydrogen) atoms. The van der Waals surface area contributed by atoms with Crippen LogP contribution in [0.5, 0.6) is 0 Å². The molecule has 1 amide bonds. The Morgan fingerprint density at radius 3 is 2.50 bits per heavy atom. The van der Waals surface area contributed by atoms with Gasteiger partial charge >= 0.3 is 6.09 Å². The van der Waals surface area contributed by atoms with E-state index in [1.54, 1.807) is 0 Å². The van der Waals surface area contributed by atoms with Gasteiger partial charge in [-0.05, 0) is 44.9 Å². The van der Waals surface area contributed by atoms with Gasteiger partial charge in [0.05, 0.1) is 0 Å². The molecule has 2 atom stereocenters. The largest absolute Gasteiger partial charge is 0.444 e. The average Bonchev–Trinajstić information content (AvgIpc) is 2.95. The molecule has 0 aliphatic heterocycles. The number of carbonyl (C=O) groups is 1. The van der Waals surface area contributed by atoms with Crippen molar-refractivity contribution in [2.45, 2.75) is 44.8 Å². The van der Waals surface area contributed by atoms with Crippen molar-refractivity contribution in [3.05, 3.63) is 34.3 Å². The van der Waals surface area contributed by atoms with Crippen molar-refractivity contribution in [3.63, 3.8) is 0 Å². The third kappa shape index (κ3) is 3.73. The van der Waals surface area contributed by atoms with Gasteiger partial charge in [0, 0.05) is 16.4 Å². The highest BCUT2D eigenvalue weighted by Gasteiger charge is 2.40. The molecule has 2 unspecified atom stereocenters. The lowest BCUT2D eigenvalue weighted by Gasteiger charge is -2.19. The first-order valence-corrected chi connectivity index (χ1v) is 6.89. The van der Waals surface area contributed by atoms with Crippen LogP contribution in [0.1, 0.15) is 38.7 Å². The summed E-state index contributed by atoms with van der Waals surface area (Å²) in [6, 6.07) is 8.44. The van der Waals surface area contributed by atoms with E-state index in [1.807, 2.05) is 32.9 Å². The van der Waals surface area contributed by atoms with Gasteiger partial charge in [0.15, 0.2) is 0 Å². The number of nitrogens with one attached hydrogen (secondary N) is 1. The number of halogens is 1. The van der Waals surface area contributed by atoms with Crippen LogP contribution in [-0.4, -0.2) is 17.7 Å². The van der Waals surface area contributed by atoms with Gasteiger partial charge in [-0.1, -0.05) is 28.1 Å². The van der Waals surface area contributed by atoms with Crippen molar-refractivity contribution in [1.29, 1.82) is 0 Å². The molecule has 0 spiro atoms. The van der Waals surface area contributed by atoms with Crippen LogP contribution >= 0.6 is 15.9 Å². The normalized spacial score (nSPS) is 22.4. The van der Waals surface area contributed by atoms with E-state index in [1.165, 1.54) is 5.56 Å². The molecular weight excluding hydrogens is 294 g/mol. The van der Waals surface area contributed by atoms with E-state index in [0.717, 1.165) is 10.9 Å². The SMILES string of the molecule is CC(C)(C)OC(=O)NC1CC1c1ccc(Br)cc1. The quantitative estimate of drug-likeness (QED) is 0.901. The van der Waals surface area contributed by atoms with E-state index in [2.05, 4.69) is 33.4 Å². The Balaban J connectivity index is 1.85. The van der Waals surface area contributed by atoms with E-state index in [4.69, 9.17) is 4.74 Å². The number of carbonyl (C=O) groups excluding carboxylic acids is 1. The molecular formula is C14H18BrNO2. The van der Waals surface area contributed by atoms with Crippen molar-refractivity contribution in [2.75, 3.05) is 0 Å². The number of benzene rings is 1. The fraction of sp³-hybridized carbons (Fsp3) is 0.500. The lowest BCUT2D eigenvalue weighted by atomic mass is 10.1. The molecule has 1 aromatic carbocycles. The van der Waals surface area contributed by atoms with Crippen molar-refractivity contribution in [2.24, 2.45) is 0 Å². The molecule has 2 rings (SSSR count). The fourth-order valence-electron chi connectivity index (χ4n) is 1.89. The van der Waals surface area contributed by atoms with Gasteiger partial charge < -0.3 is 10.1 Å². The highest BCUT2D eigenvalue weighted by molar-refractivity contribution is 9.10. The minimum atomic E-state index is -0.438. The number of ether oxygens (including phenoxy) is 1. The van der Waals surface area contributed by atoms with Gasteiger partial charge in [-0.15, -0.1) is 0 Å². The van der Waals surface area contributed by atoms with Crippen LogP contribution in [0, 0.1) is 0 Å². The van der Waals surface area contributed by atoms with Gasteiger partial charge in [-0.25, -0.2) is 4.79 Å². The molecule has 0 aromatic heterocycles. The van der Waals surface area contributed by atoms with Gasteiger partial charge in [-0.2, -0.15) is 0 Å². The van der Waals surface area contributed by atoms with E-state index >= 15 is 0 Å². The third-order valence-corrected chi connectivity index (χ3v) is 3.32. The lowest BCUT2D eigenvalue weighted by molar-refractivity contribution is 0.0523. The Morgan fingerprint density at radius 2 is 1.94 bits per heavy atom. The predicted octanol–water partition coefficient (Wildman–Crippen LogP) is 3.83. The van der Waals surface area contributed by atoms with Gasteiger partial charge in [0.1, 0.15) is 5.60 Å². The molecule has 1 aliphatic rings. The van der Waals surface area contributed by atoms with E-state index in [0.29, 0.717) is 5.92 Å². The summed E-state index contributed by atoms with van der Waals surface area (Å²) in [6.45, 7) is 5.60. The molecule has 0 saturated heterocycles. The summed E-state index contributed by atoms with van der Waals surface area (Å²) in [4.78, 5) is 11.6. The topological polar surface area (TPSA) is 38.3 Å². The van der Waals surface area contributed by atoms with Crippen LogP contribution in [0.25, 0.3) is 0 Å². The molecule has 1 aliphatic carbocycles. The highest BCUT2D eigenvalue weighted by Crippen LogP contribution is 2.41. The summed E-state index contributed by atoms with van der Waals surface area (Å²) < 4.78 is 6.31. The summed E-state index contributed by atoms with van der Waals surface area (Å²) >= 11 is 3.41. The first kappa shape index (κ1) is 13.4. The second kappa shape index (κ2) is 4.92. The molecule has 1 N–H and O–H groups in total. The summed E-state index contributed by atoms with van der Waals surface area (Å²) in [7, 11) is 0. The van der Waals surface area contributed by atoms with Crippen molar-refractivity contribution in [1.82, 2.24) is 5.32 Å². The number of hydrogen-bond donors (Lipinski definition) is 1. The van der Waals surface area contributed by atoms with Crippen molar-refractivity contribution in [3.8, 4) is 0 Å². The van der Waals surface area contributed by atoms with Crippen LogP contribution in [0.15, 0.2) is 28.7 Å². The van der Waals surface area contributed by atoms with Crippen LogP contribution in [0.4, 0.5) is 4.79 Å². The van der Waals surface area contributed by atoms with Crippen molar-refractivity contribution >= 4 is 22.0 Å². The van der Waals surface area contributed by atoms with Crippen LogP contribution in [0.2, 0.25) is 0 Å². The second-order valence-electron chi connectivity index (χ2n) is 5.65. The highest BCUT2D eigenvalue weighted by atomic mass is 79.9. The molecule has 0 radical (unpaired) electrons.